The quantitative estimate of drug-likeness (QED) is 0.707. The van der Waals surface area contributed by atoms with Gasteiger partial charge >= 0.3 is 5.97 Å². The SMILES string of the molecule is N#Cc1ccc(NC(=O)COC(=O)c2ccc3ccccc3c2O)cc1. The Bertz CT molecular complexity index is 1020. The number of fused-ring (bicyclic) bond motifs is 1. The molecule has 0 atom stereocenters. The molecule has 3 aromatic carbocycles. The van der Waals surface area contributed by atoms with Gasteiger partial charge in [-0.15, -0.1) is 0 Å². The Labute approximate surface area is 149 Å². The van der Waals surface area contributed by atoms with E-state index in [-0.39, 0.29) is 11.3 Å². The Morgan fingerprint density at radius 3 is 2.50 bits per heavy atom. The van der Waals surface area contributed by atoms with Crippen molar-refractivity contribution < 1.29 is 19.4 Å². The molecular formula is C20H14N2O4. The lowest BCUT2D eigenvalue weighted by Gasteiger charge is -2.09. The Hall–Kier alpha value is -3.85. The van der Waals surface area contributed by atoms with Crippen molar-refractivity contribution in [2.45, 2.75) is 0 Å². The predicted octanol–water partition coefficient (Wildman–Crippen LogP) is 3.21. The first-order chi connectivity index (χ1) is 12.6. The monoisotopic (exact) mass is 346 g/mol. The van der Waals surface area contributed by atoms with Crippen molar-refractivity contribution in [1.82, 2.24) is 0 Å². The number of amides is 1. The van der Waals surface area contributed by atoms with Gasteiger partial charge in [-0.2, -0.15) is 5.26 Å². The van der Waals surface area contributed by atoms with Crippen molar-refractivity contribution >= 4 is 28.3 Å². The molecule has 0 spiro atoms. The van der Waals surface area contributed by atoms with E-state index in [0.717, 1.165) is 5.39 Å². The van der Waals surface area contributed by atoms with E-state index >= 15 is 0 Å². The fourth-order valence-corrected chi connectivity index (χ4v) is 2.45. The van der Waals surface area contributed by atoms with Gasteiger partial charge < -0.3 is 15.2 Å². The van der Waals surface area contributed by atoms with Gasteiger partial charge in [0.25, 0.3) is 5.91 Å². The first kappa shape index (κ1) is 17.0. The van der Waals surface area contributed by atoms with Gasteiger partial charge in [0.15, 0.2) is 6.61 Å². The molecule has 0 aliphatic heterocycles. The predicted molar refractivity (Wildman–Crippen MR) is 95.7 cm³/mol. The van der Waals surface area contributed by atoms with Crippen LogP contribution in [0.4, 0.5) is 5.69 Å². The Balaban J connectivity index is 1.64. The number of esters is 1. The zero-order valence-corrected chi connectivity index (χ0v) is 13.6. The molecule has 3 rings (SSSR count). The van der Waals surface area contributed by atoms with Crippen LogP contribution in [0, 0.1) is 11.3 Å². The lowest BCUT2D eigenvalue weighted by Crippen LogP contribution is -2.21. The van der Waals surface area contributed by atoms with Gasteiger partial charge in [0.1, 0.15) is 11.3 Å². The van der Waals surface area contributed by atoms with E-state index in [0.29, 0.717) is 16.6 Å². The maximum Gasteiger partial charge on any atom is 0.342 e. The van der Waals surface area contributed by atoms with Crippen LogP contribution >= 0.6 is 0 Å². The minimum atomic E-state index is -0.789. The summed E-state index contributed by atoms with van der Waals surface area (Å²) < 4.78 is 4.97. The lowest BCUT2D eigenvalue weighted by atomic mass is 10.1. The summed E-state index contributed by atoms with van der Waals surface area (Å²) >= 11 is 0. The van der Waals surface area contributed by atoms with Gasteiger partial charge in [-0.1, -0.05) is 30.3 Å². The highest BCUT2D eigenvalue weighted by atomic mass is 16.5. The van der Waals surface area contributed by atoms with Crippen LogP contribution in [-0.4, -0.2) is 23.6 Å². The third kappa shape index (κ3) is 3.62. The largest absolute Gasteiger partial charge is 0.506 e. The number of benzene rings is 3. The fraction of sp³-hybridized carbons (Fsp3) is 0.0500. The highest BCUT2D eigenvalue weighted by molar-refractivity contribution is 6.02. The lowest BCUT2D eigenvalue weighted by molar-refractivity contribution is -0.119. The summed E-state index contributed by atoms with van der Waals surface area (Å²) in [5, 5.41) is 22.9. The number of phenols is 1. The normalized spacial score (nSPS) is 10.1. The van der Waals surface area contributed by atoms with E-state index < -0.39 is 18.5 Å². The molecule has 0 saturated carbocycles. The van der Waals surface area contributed by atoms with Crippen molar-refractivity contribution in [2.24, 2.45) is 0 Å². The average Bonchev–Trinajstić information content (AvgIpc) is 2.67. The number of carbonyl (C=O) groups is 2. The Morgan fingerprint density at radius 2 is 1.77 bits per heavy atom. The zero-order chi connectivity index (χ0) is 18.5. The van der Waals surface area contributed by atoms with Crippen LogP contribution in [-0.2, 0) is 9.53 Å². The van der Waals surface area contributed by atoms with Gasteiger partial charge in [-0.3, -0.25) is 4.79 Å². The van der Waals surface area contributed by atoms with Crippen LogP contribution < -0.4 is 5.32 Å². The molecule has 1 amide bonds. The number of aromatic hydroxyl groups is 1. The van der Waals surface area contributed by atoms with Crippen LogP contribution in [0.2, 0.25) is 0 Å². The summed E-state index contributed by atoms with van der Waals surface area (Å²) in [6.45, 7) is -0.495. The molecule has 0 fully saturated rings. The van der Waals surface area contributed by atoms with Crippen LogP contribution in [0.1, 0.15) is 15.9 Å². The second-order valence-electron chi connectivity index (χ2n) is 5.50. The molecule has 2 N–H and O–H groups in total. The topological polar surface area (TPSA) is 99.4 Å². The number of nitrogens with one attached hydrogen (secondary N) is 1. The second kappa shape index (κ2) is 7.36. The molecule has 3 aromatic rings. The molecule has 0 aliphatic carbocycles. The third-order valence-electron chi connectivity index (χ3n) is 3.75. The molecule has 0 aliphatic rings. The van der Waals surface area contributed by atoms with Crippen molar-refractivity contribution in [3.05, 3.63) is 71.8 Å². The van der Waals surface area contributed by atoms with Crippen molar-refractivity contribution in [2.75, 3.05) is 11.9 Å². The van der Waals surface area contributed by atoms with E-state index in [9.17, 15) is 14.7 Å². The summed E-state index contributed by atoms with van der Waals surface area (Å²) in [5.74, 6) is -1.49. The number of hydrogen-bond acceptors (Lipinski definition) is 5. The molecular weight excluding hydrogens is 332 g/mol. The molecule has 0 radical (unpaired) electrons. The molecule has 0 heterocycles. The molecule has 128 valence electrons. The number of phenolic OH excluding ortho intramolecular Hbond substituents is 1. The Morgan fingerprint density at radius 1 is 1.04 bits per heavy atom. The maximum absolute atomic E-state index is 12.2. The number of ether oxygens (including phenoxy) is 1. The summed E-state index contributed by atoms with van der Waals surface area (Å²) in [6.07, 6.45) is 0. The summed E-state index contributed by atoms with van der Waals surface area (Å²) in [4.78, 5) is 24.0. The first-order valence-corrected chi connectivity index (χ1v) is 7.76. The van der Waals surface area contributed by atoms with Crippen molar-refractivity contribution in [3.8, 4) is 11.8 Å². The molecule has 0 bridgehead atoms. The summed E-state index contributed by atoms with van der Waals surface area (Å²) in [5.41, 5.74) is 0.953. The zero-order valence-electron chi connectivity index (χ0n) is 13.6. The molecule has 0 aromatic heterocycles. The van der Waals surface area contributed by atoms with Crippen LogP contribution in [0.3, 0.4) is 0 Å². The standard InChI is InChI=1S/C20H14N2O4/c21-11-13-5-8-15(9-6-13)22-18(23)12-26-20(25)17-10-7-14-3-1-2-4-16(14)19(17)24/h1-10,24H,12H2,(H,22,23). The first-order valence-electron chi connectivity index (χ1n) is 7.76. The van der Waals surface area contributed by atoms with Gasteiger partial charge in [0.2, 0.25) is 0 Å². The van der Waals surface area contributed by atoms with E-state index in [1.165, 1.54) is 6.07 Å². The Kier molecular flexibility index (Phi) is 4.81. The minimum absolute atomic E-state index is 0.00475. The molecule has 0 unspecified atom stereocenters. The minimum Gasteiger partial charge on any atom is -0.506 e. The fourth-order valence-electron chi connectivity index (χ4n) is 2.45. The third-order valence-corrected chi connectivity index (χ3v) is 3.75. The van der Waals surface area contributed by atoms with Gasteiger partial charge in [-0.25, -0.2) is 4.79 Å². The second-order valence-corrected chi connectivity index (χ2v) is 5.50. The summed E-state index contributed by atoms with van der Waals surface area (Å²) in [6, 6.07) is 18.5. The number of carbonyl (C=O) groups excluding carboxylic acids is 2. The van der Waals surface area contributed by atoms with Crippen molar-refractivity contribution in [3.63, 3.8) is 0 Å². The van der Waals surface area contributed by atoms with E-state index in [2.05, 4.69) is 5.32 Å². The molecule has 26 heavy (non-hydrogen) atoms. The van der Waals surface area contributed by atoms with E-state index in [4.69, 9.17) is 10.00 Å². The highest BCUT2D eigenvalue weighted by Crippen LogP contribution is 2.28. The summed E-state index contributed by atoms with van der Waals surface area (Å²) in [7, 11) is 0. The van der Waals surface area contributed by atoms with E-state index in [1.807, 2.05) is 18.2 Å². The number of rotatable bonds is 4. The number of nitriles is 1. The van der Waals surface area contributed by atoms with Crippen LogP contribution in [0.25, 0.3) is 10.8 Å². The van der Waals surface area contributed by atoms with Gasteiger partial charge in [0.05, 0.1) is 11.6 Å². The molecule has 0 saturated heterocycles. The number of nitrogens with zero attached hydrogens (tertiary/aromatic N) is 1. The smallest absolute Gasteiger partial charge is 0.342 e. The number of anilines is 1. The highest BCUT2D eigenvalue weighted by Gasteiger charge is 2.16. The van der Waals surface area contributed by atoms with Crippen LogP contribution in [0.5, 0.6) is 5.75 Å². The molecule has 6 nitrogen and oxygen atoms in total. The number of hydrogen-bond donors (Lipinski definition) is 2. The van der Waals surface area contributed by atoms with Crippen LogP contribution in [0.15, 0.2) is 60.7 Å². The van der Waals surface area contributed by atoms with Gasteiger partial charge in [0, 0.05) is 11.1 Å². The van der Waals surface area contributed by atoms with E-state index in [1.54, 1.807) is 42.5 Å². The van der Waals surface area contributed by atoms with Crippen molar-refractivity contribution in [1.29, 1.82) is 5.26 Å². The van der Waals surface area contributed by atoms with Gasteiger partial charge in [-0.05, 0) is 35.7 Å². The average molecular weight is 346 g/mol. The molecule has 6 heteroatoms. The maximum atomic E-state index is 12.2.